The van der Waals surface area contributed by atoms with Crippen molar-refractivity contribution in [1.82, 2.24) is 4.72 Å². The van der Waals surface area contributed by atoms with Crippen LogP contribution in [-0.2, 0) is 10.0 Å². The third kappa shape index (κ3) is 4.18. The molecule has 0 heterocycles. The lowest BCUT2D eigenvalue weighted by atomic mass is 10.4. The minimum atomic E-state index is -3.60. The molecule has 0 atom stereocenters. The first-order valence-electron chi connectivity index (χ1n) is 4.43. The summed E-state index contributed by atoms with van der Waals surface area (Å²) >= 11 is 8.90. The van der Waals surface area contributed by atoms with Crippen molar-refractivity contribution in [3.63, 3.8) is 0 Å². The Bertz CT molecular complexity index is 557. The zero-order valence-corrected chi connectivity index (χ0v) is 11.6. The number of rotatable bonds is 5. The second-order valence-electron chi connectivity index (χ2n) is 2.93. The number of nitrogens with one attached hydrogen (secondary N) is 1. The zero-order valence-electron chi connectivity index (χ0n) is 8.47. The second-order valence-corrected chi connectivity index (χ2v) is 5.96. The van der Waals surface area contributed by atoms with E-state index in [9.17, 15) is 8.42 Å². The molecule has 0 amide bonds. The van der Waals surface area contributed by atoms with E-state index in [1.165, 1.54) is 18.2 Å². The zero-order chi connectivity index (χ0) is 12.9. The molecule has 17 heavy (non-hydrogen) atoms. The highest BCUT2D eigenvalue weighted by molar-refractivity contribution is 9.10. The van der Waals surface area contributed by atoms with Crippen molar-refractivity contribution in [2.75, 3.05) is 13.1 Å². The lowest BCUT2D eigenvalue weighted by molar-refractivity contribution is 0.582. The molecule has 0 spiro atoms. The van der Waals surface area contributed by atoms with Crippen molar-refractivity contribution in [2.45, 2.75) is 4.90 Å². The molecule has 0 radical (unpaired) electrons. The van der Waals surface area contributed by atoms with E-state index in [4.69, 9.17) is 17.1 Å². The van der Waals surface area contributed by atoms with E-state index in [2.05, 4.69) is 30.7 Å². The highest BCUT2D eigenvalue weighted by atomic mass is 79.9. The van der Waals surface area contributed by atoms with Crippen LogP contribution in [0.1, 0.15) is 0 Å². The van der Waals surface area contributed by atoms with Gasteiger partial charge in [0, 0.05) is 22.5 Å². The van der Waals surface area contributed by atoms with Crippen LogP contribution in [0.3, 0.4) is 0 Å². The van der Waals surface area contributed by atoms with Crippen LogP contribution in [0.4, 0.5) is 0 Å². The Morgan fingerprint density at radius 3 is 2.82 bits per heavy atom. The Morgan fingerprint density at radius 2 is 2.24 bits per heavy atom. The quantitative estimate of drug-likeness (QED) is 0.386. The minimum absolute atomic E-state index is 0.0483. The summed E-state index contributed by atoms with van der Waals surface area (Å²) in [6.45, 7) is 0.108. The largest absolute Gasteiger partial charge is 0.240 e. The van der Waals surface area contributed by atoms with Crippen molar-refractivity contribution in [3.05, 3.63) is 38.1 Å². The standard InChI is InChI=1S/C8H8BrClN4O2S/c9-7-5-6(1-2-8(7)10)17(15,16)13-4-3-12-14-11/h1-2,5,13H,3-4H2. The van der Waals surface area contributed by atoms with E-state index in [1.807, 2.05) is 0 Å². The van der Waals surface area contributed by atoms with Crippen molar-refractivity contribution in [1.29, 1.82) is 0 Å². The van der Waals surface area contributed by atoms with Gasteiger partial charge in [0.1, 0.15) is 0 Å². The average Bonchev–Trinajstić information content (AvgIpc) is 2.28. The summed E-state index contributed by atoms with van der Waals surface area (Å²) in [5.74, 6) is 0. The molecule has 6 nitrogen and oxygen atoms in total. The first-order valence-corrected chi connectivity index (χ1v) is 7.08. The molecule has 1 aromatic carbocycles. The van der Waals surface area contributed by atoms with Gasteiger partial charge in [-0.05, 0) is 39.7 Å². The first-order chi connectivity index (χ1) is 7.97. The second kappa shape index (κ2) is 6.23. The molecule has 0 unspecified atom stereocenters. The highest BCUT2D eigenvalue weighted by Gasteiger charge is 2.14. The molecule has 0 saturated carbocycles. The minimum Gasteiger partial charge on any atom is -0.211 e. The van der Waals surface area contributed by atoms with Crippen LogP contribution in [0, 0.1) is 0 Å². The molecule has 0 aliphatic heterocycles. The number of halogens is 2. The first kappa shape index (κ1) is 14.3. The third-order valence-electron chi connectivity index (χ3n) is 1.77. The van der Waals surface area contributed by atoms with Crippen LogP contribution in [-0.4, -0.2) is 21.5 Å². The summed E-state index contributed by atoms with van der Waals surface area (Å²) in [5, 5.41) is 3.65. The van der Waals surface area contributed by atoms with E-state index in [1.54, 1.807) is 0 Å². The average molecular weight is 340 g/mol. The molecule has 1 N–H and O–H groups in total. The van der Waals surface area contributed by atoms with Crippen molar-refractivity contribution in [2.24, 2.45) is 5.11 Å². The number of benzene rings is 1. The Balaban J connectivity index is 2.82. The number of sulfonamides is 1. The van der Waals surface area contributed by atoms with Gasteiger partial charge in [-0.1, -0.05) is 16.7 Å². The number of hydrogen-bond donors (Lipinski definition) is 1. The molecule has 0 fully saturated rings. The maximum atomic E-state index is 11.7. The Hall–Kier alpha value is -0.790. The fourth-order valence-electron chi connectivity index (χ4n) is 1.00. The summed E-state index contributed by atoms with van der Waals surface area (Å²) in [6.07, 6.45) is 0. The summed E-state index contributed by atoms with van der Waals surface area (Å²) in [5.41, 5.74) is 8.04. The van der Waals surface area contributed by atoms with Gasteiger partial charge in [-0.2, -0.15) is 0 Å². The number of hydrogen-bond acceptors (Lipinski definition) is 3. The van der Waals surface area contributed by atoms with E-state index < -0.39 is 10.0 Å². The molecule has 0 aromatic heterocycles. The molecule has 0 saturated heterocycles. The van der Waals surface area contributed by atoms with Gasteiger partial charge in [-0.3, -0.25) is 0 Å². The predicted octanol–water partition coefficient (Wildman–Crippen LogP) is 2.69. The SMILES string of the molecule is [N-]=[N+]=NCCNS(=O)(=O)c1ccc(Cl)c(Br)c1. The van der Waals surface area contributed by atoms with Crippen LogP contribution in [0.15, 0.2) is 32.7 Å². The Morgan fingerprint density at radius 1 is 1.53 bits per heavy atom. The van der Waals surface area contributed by atoms with Gasteiger partial charge in [0.05, 0.1) is 9.92 Å². The number of nitrogens with zero attached hydrogens (tertiary/aromatic N) is 3. The monoisotopic (exact) mass is 338 g/mol. The lowest BCUT2D eigenvalue weighted by Crippen LogP contribution is -2.26. The van der Waals surface area contributed by atoms with E-state index in [-0.39, 0.29) is 18.0 Å². The molecule has 92 valence electrons. The van der Waals surface area contributed by atoms with Crippen LogP contribution >= 0.6 is 27.5 Å². The van der Waals surface area contributed by atoms with Gasteiger partial charge in [0.15, 0.2) is 0 Å². The molecular weight excluding hydrogens is 332 g/mol. The van der Waals surface area contributed by atoms with E-state index >= 15 is 0 Å². The van der Waals surface area contributed by atoms with E-state index in [0.717, 1.165) is 0 Å². The fourth-order valence-corrected chi connectivity index (χ4v) is 2.70. The molecular formula is C8H8BrClN4O2S. The van der Waals surface area contributed by atoms with Gasteiger partial charge < -0.3 is 0 Å². The molecule has 1 aromatic rings. The molecule has 1 rings (SSSR count). The Kier molecular flexibility index (Phi) is 5.23. The maximum absolute atomic E-state index is 11.7. The van der Waals surface area contributed by atoms with Crippen molar-refractivity contribution >= 4 is 37.6 Å². The van der Waals surface area contributed by atoms with Crippen LogP contribution < -0.4 is 4.72 Å². The summed E-state index contributed by atoms with van der Waals surface area (Å²) in [4.78, 5) is 2.61. The van der Waals surface area contributed by atoms with Gasteiger partial charge in [0.25, 0.3) is 0 Å². The Labute approximate surface area is 112 Å². The van der Waals surface area contributed by atoms with Gasteiger partial charge in [-0.25, -0.2) is 13.1 Å². The molecule has 0 aliphatic rings. The third-order valence-corrected chi connectivity index (χ3v) is 4.44. The van der Waals surface area contributed by atoms with Crippen molar-refractivity contribution < 1.29 is 8.42 Å². The normalized spacial score (nSPS) is 10.9. The van der Waals surface area contributed by atoms with Crippen molar-refractivity contribution in [3.8, 4) is 0 Å². The fraction of sp³-hybridized carbons (Fsp3) is 0.250. The van der Waals surface area contributed by atoms with Crippen LogP contribution in [0.5, 0.6) is 0 Å². The van der Waals surface area contributed by atoms with Crippen LogP contribution in [0.25, 0.3) is 10.4 Å². The van der Waals surface area contributed by atoms with Gasteiger partial charge in [-0.15, -0.1) is 0 Å². The van der Waals surface area contributed by atoms with Gasteiger partial charge in [0.2, 0.25) is 10.0 Å². The topological polar surface area (TPSA) is 94.9 Å². The maximum Gasteiger partial charge on any atom is 0.240 e. The predicted molar refractivity (Wildman–Crippen MR) is 68.4 cm³/mol. The summed E-state index contributed by atoms with van der Waals surface area (Å²) in [7, 11) is -3.60. The lowest BCUT2D eigenvalue weighted by Gasteiger charge is -2.06. The van der Waals surface area contributed by atoms with E-state index in [0.29, 0.717) is 9.50 Å². The molecule has 9 heteroatoms. The number of azide groups is 1. The molecule has 0 aliphatic carbocycles. The van der Waals surface area contributed by atoms with Gasteiger partial charge >= 0.3 is 0 Å². The highest BCUT2D eigenvalue weighted by Crippen LogP contribution is 2.25. The summed E-state index contributed by atoms with van der Waals surface area (Å²) < 4.78 is 26.3. The smallest absolute Gasteiger partial charge is 0.211 e. The summed E-state index contributed by atoms with van der Waals surface area (Å²) in [6, 6.07) is 4.27. The molecule has 0 bridgehead atoms. The van der Waals surface area contributed by atoms with Crippen LogP contribution in [0.2, 0.25) is 5.02 Å².